The molecule has 0 N–H and O–H groups in total. The first-order valence-corrected chi connectivity index (χ1v) is 14.3. The van der Waals surface area contributed by atoms with Crippen LogP contribution in [0.15, 0.2) is 54.9 Å². The molecule has 0 spiro atoms. The lowest BCUT2D eigenvalue weighted by atomic mass is 10.0. The van der Waals surface area contributed by atoms with Gasteiger partial charge in [-0.25, -0.2) is 14.8 Å². The second-order valence-electron chi connectivity index (χ2n) is 10.0. The molecule has 0 bridgehead atoms. The van der Waals surface area contributed by atoms with Crippen LogP contribution >= 0.6 is 0 Å². The zero-order valence-electron chi connectivity index (χ0n) is 23.0. The van der Waals surface area contributed by atoms with Crippen molar-refractivity contribution in [1.29, 1.82) is 5.26 Å². The van der Waals surface area contributed by atoms with E-state index in [1.54, 1.807) is 18.2 Å². The molecule has 0 saturated carbocycles. The van der Waals surface area contributed by atoms with E-state index in [1.807, 2.05) is 36.7 Å². The van der Waals surface area contributed by atoms with Crippen LogP contribution < -0.4 is 4.74 Å². The highest BCUT2D eigenvalue weighted by Crippen LogP contribution is 2.23. The fraction of sp³-hybridized carbons (Fsp3) is 0.455. The van der Waals surface area contributed by atoms with Crippen LogP contribution in [0.2, 0.25) is 0 Å². The van der Waals surface area contributed by atoms with E-state index in [0.717, 1.165) is 42.4 Å². The number of rotatable bonds is 16. The molecule has 0 aliphatic carbocycles. The van der Waals surface area contributed by atoms with E-state index in [0.29, 0.717) is 22.7 Å². The fourth-order valence-corrected chi connectivity index (χ4v) is 4.50. The predicted octanol–water partition coefficient (Wildman–Crippen LogP) is 8.65. The average Bonchev–Trinajstić information content (AvgIpc) is 2.95. The summed E-state index contributed by atoms with van der Waals surface area (Å²) in [5, 5.41) is 9.63. The van der Waals surface area contributed by atoms with Gasteiger partial charge < -0.3 is 4.74 Å². The van der Waals surface area contributed by atoms with Crippen molar-refractivity contribution in [2.75, 3.05) is 0 Å². The predicted molar refractivity (Wildman–Crippen MR) is 153 cm³/mol. The molecule has 1 heterocycles. The summed E-state index contributed by atoms with van der Waals surface area (Å²) < 4.78 is 5.58. The van der Waals surface area contributed by atoms with E-state index >= 15 is 0 Å². The highest BCUT2D eigenvalue weighted by Gasteiger charge is 2.13. The second kappa shape index (κ2) is 16.3. The van der Waals surface area contributed by atoms with Gasteiger partial charge in [-0.05, 0) is 61.1 Å². The number of nitriles is 1. The Morgan fingerprint density at radius 2 is 1.34 bits per heavy atom. The van der Waals surface area contributed by atoms with Crippen LogP contribution in [0.25, 0.3) is 11.4 Å². The van der Waals surface area contributed by atoms with Gasteiger partial charge in [0.1, 0.15) is 11.8 Å². The van der Waals surface area contributed by atoms with Gasteiger partial charge in [-0.15, -0.1) is 0 Å². The zero-order valence-corrected chi connectivity index (χ0v) is 23.0. The first kappa shape index (κ1) is 29.0. The number of benzene rings is 2. The third-order valence-corrected chi connectivity index (χ3v) is 6.84. The Morgan fingerprint density at radius 3 is 2.00 bits per heavy atom. The van der Waals surface area contributed by atoms with Gasteiger partial charge in [-0.2, -0.15) is 5.26 Å². The molecule has 0 fully saturated rings. The van der Waals surface area contributed by atoms with Crippen molar-refractivity contribution in [3.05, 3.63) is 77.1 Å². The van der Waals surface area contributed by atoms with Gasteiger partial charge in [0.15, 0.2) is 5.82 Å². The molecule has 0 unspecified atom stereocenters. The summed E-state index contributed by atoms with van der Waals surface area (Å²) in [6.45, 7) is 4.43. The van der Waals surface area contributed by atoms with E-state index in [2.05, 4.69) is 29.9 Å². The molecule has 0 atom stereocenters. The molecule has 0 radical (unpaired) electrons. The molecule has 0 saturated heterocycles. The molecule has 3 aromatic rings. The average molecular weight is 512 g/mol. The minimum atomic E-state index is -0.490. The minimum absolute atomic E-state index is 0.295. The molecule has 0 amide bonds. The molecule has 5 nitrogen and oxygen atoms in total. The molecule has 5 heteroatoms. The van der Waals surface area contributed by atoms with Crippen LogP contribution in [-0.2, 0) is 12.8 Å². The molecular weight excluding hydrogens is 470 g/mol. The minimum Gasteiger partial charge on any atom is -0.422 e. The lowest BCUT2D eigenvalue weighted by Gasteiger charge is -2.09. The number of nitrogens with zero attached hydrogens (tertiary/aromatic N) is 3. The quantitative estimate of drug-likeness (QED) is 0.109. The van der Waals surface area contributed by atoms with Gasteiger partial charge in [0.25, 0.3) is 0 Å². The summed E-state index contributed by atoms with van der Waals surface area (Å²) in [4.78, 5) is 21.7. The van der Waals surface area contributed by atoms with E-state index < -0.39 is 5.97 Å². The number of hydrogen-bond donors (Lipinski definition) is 0. The lowest BCUT2D eigenvalue weighted by molar-refractivity contribution is 0.0734. The molecule has 2 aromatic carbocycles. The molecule has 0 aliphatic heterocycles. The molecule has 0 aliphatic rings. The van der Waals surface area contributed by atoms with E-state index in [1.165, 1.54) is 57.8 Å². The second-order valence-corrected chi connectivity index (χ2v) is 10.0. The van der Waals surface area contributed by atoms with Crippen molar-refractivity contribution in [3.8, 4) is 23.2 Å². The standard InChI is InChI=1S/C33H41N3O2/c1-3-5-7-8-9-10-11-13-14-26-16-21-31(30(22-26)23-34)38-33(37)29-19-17-28(18-20-29)32-35-24-27(25-36-32)15-12-6-4-2/h16-22,24-25H,3-15H2,1-2H3. The lowest BCUT2D eigenvalue weighted by Crippen LogP contribution is -2.09. The number of carbonyl (C=O) groups excluding carboxylic acids is 1. The molecule has 200 valence electrons. The third kappa shape index (κ3) is 9.41. The maximum absolute atomic E-state index is 12.8. The Balaban J connectivity index is 1.51. The van der Waals surface area contributed by atoms with E-state index in [9.17, 15) is 10.1 Å². The van der Waals surface area contributed by atoms with Crippen LogP contribution in [0.4, 0.5) is 0 Å². The molecule has 1 aromatic heterocycles. The summed E-state index contributed by atoms with van der Waals surface area (Å²) in [7, 11) is 0. The monoisotopic (exact) mass is 511 g/mol. The Bertz CT molecular complexity index is 1160. The van der Waals surface area contributed by atoms with Gasteiger partial charge in [-0.1, -0.05) is 89.8 Å². The highest BCUT2D eigenvalue weighted by atomic mass is 16.5. The SMILES string of the molecule is CCCCCCCCCCc1ccc(OC(=O)c2ccc(-c3ncc(CCCCC)cn3)cc2)c(C#N)c1. The topological polar surface area (TPSA) is 75.9 Å². The van der Waals surface area contributed by atoms with Crippen molar-refractivity contribution >= 4 is 5.97 Å². The number of aryl methyl sites for hydroxylation is 2. The van der Waals surface area contributed by atoms with Crippen molar-refractivity contribution in [2.45, 2.75) is 97.3 Å². The summed E-state index contributed by atoms with van der Waals surface area (Å²) in [5.74, 6) is 0.433. The maximum atomic E-state index is 12.8. The largest absolute Gasteiger partial charge is 0.422 e. The highest BCUT2D eigenvalue weighted by molar-refractivity contribution is 5.91. The van der Waals surface area contributed by atoms with Crippen molar-refractivity contribution < 1.29 is 9.53 Å². The van der Waals surface area contributed by atoms with Gasteiger partial charge >= 0.3 is 5.97 Å². The molecule has 3 rings (SSSR count). The fourth-order valence-electron chi connectivity index (χ4n) is 4.50. The number of unbranched alkanes of at least 4 members (excludes halogenated alkanes) is 9. The number of hydrogen-bond acceptors (Lipinski definition) is 5. The van der Waals surface area contributed by atoms with Crippen LogP contribution in [0, 0.1) is 11.3 Å². The summed E-state index contributed by atoms with van der Waals surface area (Å²) in [5.41, 5.74) is 3.88. The van der Waals surface area contributed by atoms with E-state index in [4.69, 9.17) is 4.74 Å². The Morgan fingerprint density at radius 1 is 0.763 bits per heavy atom. The van der Waals surface area contributed by atoms with Gasteiger partial charge in [0.05, 0.1) is 11.1 Å². The summed E-state index contributed by atoms with van der Waals surface area (Å²) >= 11 is 0. The molecular formula is C33H41N3O2. The van der Waals surface area contributed by atoms with Crippen LogP contribution in [-0.4, -0.2) is 15.9 Å². The van der Waals surface area contributed by atoms with Crippen LogP contribution in [0.3, 0.4) is 0 Å². The van der Waals surface area contributed by atoms with Crippen LogP contribution in [0.1, 0.15) is 112 Å². The normalized spacial score (nSPS) is 10.8. The van der Waals surface area contributed by atoms with Crippen molar-refractivity contribution in [2.24, 2.45) is 0 Å². The van der Waals surface area contributed by atoms with E-state index in [-0.39, 0.29) is 0 Å². The number of ether oxygens (including phenoxy) is 1. The Labute approximate surface area is 228 Å². The molecule has 38 heavy (non-hydrogen) atoms. The number of aromatic nitrogens is 2. The first-order chi connectivity index (χ1) is 18.6. The smallest absolute Gasteiger partial charge is 0.343 e. The summed E-state index contributed by atoms with van der Waals surface area (Å²) in [6.07, 6.45) is 19.4. The third-order valence-electron chi connectivity index (χ3n) is 6.84. The van der Waals surface area contributed by atoms with Crippen molar-refractivity contribution in [1.82, 2.24) is 9.97 Å². The first-order valence-electron chi connectivity index (χ1n) is 14.3. The zero-order chi connectivity index (χ0) is 27.0. The van der Waals surface area contributed by atoms with Crippen LogP contribution in [0.5, 0.6) is 5.75 Å². The Hall–Kier alpha value is -3.52. The number of carbonyl (C=O) groups is 1. The van der Waals surface area contributed by atoms with Gasteiger partial charge in [0.2, 0.25) is 0 Å². The van der Waals surface area contributed by atoms with Crippen molar-refractivity contribution in [3.63, 3.8) is 0 Å². The maximum Gasteiger partial charge on any atom is 0.343 e. The van der Waals surface area contributed by atoms with Gasteiger partial charge in [-0.3, -0.25) is 0 Å². The summed E-state index contributed by atoms with van der Waals surface area (Å²) in [6, 6.07) is 14.8. The number of esters is 1. The Kier molecular flexibility index (Phi) is 12.5. The van der Waals surface area contributed by atoms with Gasteiger partial charge in [0, 0.05) is 18.0 Å².